The third-order valence-electron chi connectivity index (χ3n) is 7.34. The Labute approximate surface area is 240 Å². The summed E-state index contributed by atoms with van der Waals surface area (Å²) in [7, 11) is 1.25. The van der Waals surface area contributed by atoms with Crippen LogP contribution in [0.4, 0.5) is 0 Å². The van der Waals surface area contributed by atoms with Crippen molar-refractivity contribution in [1.82, 2.24) is 0 Å². The number of unbranched alkanes of at least 4 members (excludes halogenated alkanes) is 8. The van der Waals surface area contributed by atoms with E-state index in [-0.39, 0.29) is 17.0 Å². The van der Waals surface area contributed by atoms with Crippen LogP contribution in [0.25, 0.3) is 0 Å². The Balaban J connectivity index is 0.0000130. The Morgan fingerprint density at radius 2 is 1.19 bits per heavy atom. The molecule has 0 radical (unpaired) electrons. The summed E-state index contributed by atoms with van der Waals surface area (Å²) in [5.74, 6) is 1.41. The number of phenols is 1. The highest BCUT2D eigenvalue weighted by molar-refractivity contribution is 7.83. The van der Waals surface area contributed by atoms with Gasteiger partial charge < -0.3 is 40.1 Å². The van der Waals surface area contributed by atoms with E-state index in [0.717, 1.165) is 31.2 Å². The Kier molecular flexibility index (Phi) is 21.5. The topological polar surface area (TPSA) is 57.2 Å². The Bertz CT molecular complexity index is 660. The lowest BCUT2D eigenvalue weighted by molar-refractivity contribution is -0.0000138. The first kappa shape index (κ1) is 36.8. The van der Waals surface area contributed by atoms with Gasteiger partial charge in [-0.15, -0.1) is 0 Å². The summed E-state index contributed by atoms with van der Waals surface area (Å²) in [6, 6.07) is 6.76. The van der Waals surface area contributed by atoms with Gasteiger partial charge in [0, 0.05) is 33.4 Å². The van der Waals surface area contributed by atoms with Crippen LogP contribution in [-0.2, 0) is 13.3 Å². The molecule has 37 heavy (non-hydrogen) atoms. The minimum Gasteiger partial charge on any atom is -1.00 e. The molecule has 0 unspecified atom stereocenters. The van der Waals surface area contributed by atoms with Gasteiger partial charge in [-0.25, -0.2) is 0 Å². The number of rotatable bonds is 23. The summed E-state index contributed by atoms with van der Waals surface area (Å²) in [6.45, 7) is 7.62. The maximum atomic E-state index is 10.4. The second-order valence-electron chi connectivity index (χ2n) is 10.0. The van der Waals surface area contributed by atoms with Gasteiger partial charge in [-0.3, -0.25) is 0 Å². The van der Waals surface area contributed by atoms with E-state index in [4.69, 9.17) is 18.0 Å². The summed E-state index contributed by atoms with van der Waals surface area (Å²) in [5, 5.41) is 11.8. The molecule has 0 aromatic heterocycles. The van der Waals surface area contributed by atoms with Crippen LogP contribution >= 0.6 is 7.26 Å². The molecule has 0 spiro atoms. The predicted octanol–water partition coefficient (Wildman–Crippen LogP) is 5.04. The molecule has 0 saturated carbocycles. The van der Waals surface area contributed by atoms with Crippen LogP contribution in [0.3, 0.4) is 0 Å². The minimum atomic E-state index is -2.42. The lowest BCUT2D eigenvalue weighted by atomic mass is 10.1. The van der Waals surface area contributed by atoms with Crippen LogP contribution in [0.2, 0.25) is 6.04 Å². The number of hydrogen-bond donors (Lipinski definition) is 1. The summed E-state index contributed by atoms with van der Waals surface area (Å²) < 4.78 is 23.0. The smallest absolute Gasteiger partial charge is 0.500 e. The molecule has 0 heterocycles. The third-order valence-corrected chi connectivity index (χ3v) is 15.1. The number of halogens is 1. The molecule has 1 aromatic carbocycles. The van der Waals surface area contributed by atoms with Crippen LogP contribution < -0.4 is 27.0 Å². The molecule has 8 heteroatoms. The quantitative estimate of drug-likeness (QED) is 0.105. The first-order valence-corrected chi connectivity index (χ1v) is 18.7. The molecule has 0 aliphatic heterocycles. The van der Waals surface area contributed by atoms with Crippen molar-refractivity contribution in [2.75, 3.05) is 46.4 Å². The maximum Gasteiger partial charge on any atom is 0.500 e. The van der Waals surface area contributed by atoms with E-state index in [1.807, 2.05) is 12.1 Å². The van der Waals surface area contributed by atoms with Gasteiger partial charge >= 0.3 is 8.80 Å². The van der Waals surface area contributed by atoms with E-state index in [1.54, 1.807) is 27.4 Å². The lowest BCUT2D eigenvalue weighted by Crippen LogP contribution is -3.00. The fourth-order valence-electron chi connectivity index (χ4n) is 4.97. The van der Waals surface area contributed by atoms with Crippen LogP contribution in [-0.4, -0.2) is 60.3 Å². The van der Waals surface area contributed by atoms with E-state index in [9.17, 15) is 5.11 Å². The van der Waals surface area contributed by atoms with Gasteiger partial charge in [-0.2, -0.15) is 0 Å². The van der Waals surface area contributed by atoms with Crippen molar-refractivity contribution >= 4 is 21.4 Å². The van der Waals surface area contributed by atoms with E-state index < -0.39 is 16.1 Å². The Morgan fingerprint density at radius 3 is 1.68 bits per heavy atom. The van der Waals surface area contributed by atoms with Crippen molar-refractivity contribution in [2.24, 2.45) is 0 Å². The van der Waals surface area contributed by atoms with Crippen LogP contribution in [0.5, 0.6) is 11.5 Å². The minimum absolute atomic E-state index is 0. The highest BCUT2D eigenvalue weighted by atomic mass is 79.9. The average Bonchev–Trinajstić information content (AvgIpc) is 2.91. The highest BCUT2D eigenvalue weighted by Gasteiger charge is 2.41. The zero-order chi connectivity index (χ0) is 26.7. The predicted molar refractivity (Wildman–Crippen MR) is 159 cm³/mol. The molecule has 0 aliphatic rings. The van der Waals surface area contributed by atoms with Gasteiger partial charge in [0.15, 0.2) is 5.75 Å². The van der Waals surface area contributed by atoms with Crippen LogP contribution in [0.15, 0.2) is 18.2 Å². The molecule has 1 aromatic rings. The zero-order valence-electron chi connectivity index (χ0n) is 24.7. The van der Waals surface area contributed by atoms with Gasteiger partial charge in [0.1, 0.15) is 11.1 Å². The van der Waals surface area contributed by atoms with E-state index >= 15 is 0 Å². The van der Waals surface area contributed by atoms with E-state index in [1.165, 1.54) is 88.0 Å². The number of benzene rings is 1. The monoisotopic (exact) mass is 622 g/mol. The first-order chi connectivity index (χ1) is 17.5. The fraction of sp³-hybridized carbons (Fsp3) is 0.793. The van der Waals surface area contributed by atoms with Gasteiger partial charge in [-0.05, 0) is 44.2 Å². The van der Waals surface area contributed by atoms with Gasteiger partial charge in [-0.1, -0.05) is 65.7 Å². The second-order valence-corrected chi connectivity index (χ2v) is 17.2. The summed E-state index contributed by atoms with van der Waals surface area (Å²) >= 11 is 0. The second kappa shape index (κ2) is 21.6. The Hall–Kier alpha value is -0.173. The summed E-state index contributed by atoms with van der Waals surface area (Å²) in [4.78, 5) is 0. The van der Waals surface area contributed by atoms with Crippen molar-refractivity contribution in [3.8, 4) is 11.5 Å². The average molecular weight is 624 g/mol. The number of phenolic OH excluding ortho intramolecular Hbond substituents is 1. The molecule has 218 valence electrons. The van der Waals surface area contributed by atoms with E-state index in [0.29, 0.717) is 5.75 Å². The SMILES string of the molecule is CCCC[P+](CCCC)(CCCC)c1cc(O)ccc1OCCCCCCCC[Si](OC)(OC)OC.[Br-]. The number of hydrogen-bond acceptors (Lipinski definition) is 5. The van der Waals surface area contributed by atoms with Gasteiger partial charge in [0.2, 0.25) is 0 Å². The normalized spacial score (nSPS) is 11.9. The standard InChI is InChI=1S/C29H55O5PSi.BrH/c1-7-10-22-35(23-11-8-2,24-12-9-3)29-26-27(30)19-20-28(29)34-21-17-15-13-14-16-18-25-36(31-4,32-5)33-6;/h19-20,26H,7-18,21-25H2,1-6H3;1H. The molecular weight excluding hydrogens is 567 g/mol. The summed E-state index contributed by atoms with van der Waals surface area (Å²) in [6.07, 6.45) is 18.2. The van der Waals surface area contributed by atoms with E-state index in [2.05, 4.69) is 20.8 Å². The van der Waals surface area contributed by atoms with Gasteiger partial charge in [0.05, 0.1) is 32.4 Å². The van der Waals surface area contributed by atoms with Crippen molar-refractivity contribution in [3.05, 3.63) is 18.2 Å². The third kappa shape index (κ3) is 13.2. The van der Waals surface area contributed by atoms with Crippen molar-refractivity contribution in [1.29, 1.82) is 0 Å². The molecule has 0 amide bonds. The zero-order valence-corrected chi connectivity index (χ0v) is 28.1. The fourth-order valence-corrected chi connectivity index (χ4v) is 11.9. The molecule has 0 fully saturated rings. The van der Waals surface area contributed by atoms with Crippen molar-refractivity contribution < 1.29 is 40.1 Å². The van der Waals surface area contributed by atoms with Crippen molar-refractivity contribution in [3.63, 3.8) is 0 Å². The number of ether oxygens (including phenoxy) is 1. The molecule has 0 saturated heterocycles. The molecular formula is C29H56BrO5PSi. The summed E-state index contributed by atoms with van der Waals surface area (Å²) in [5.41, 5.74) is 0. The molecule has 1 rings (SSSR count). The molecule has 0 atom stereocenters. The van der Waals surface area contributed by atoms with Crippen LogP contribution in [0.1, 0.15) is 97.8 Å². The van der Waals surface area contributed by atoms with Crippen LogP contribution in [0, 0.1) is 0 Å². The van der Waals surface area contributed by atoms with Crippen molar-refractivity contribution in [2.45, 2.75) is 104 Å². The highest BCUT2D eigenvalue weighted by Crippen LogP contribution is 2.61. The Morgan fingerprint density at radius 1 is 0.703 bits per heavy atom. The lowest BCUT2D eigenvalue weighted by Gasteiger charge is -2.29. The maximum absolute atomic E-state index is 10.4. The largest absolute Gasteiger partial charge is 1.00 e. The molecule has 0 bridgehead atoms. The number of aromatic hydroxyl groups is 1. The molecule has 1 N–H and O–H groups in total. The molecule has 0 aliphatic carbocycles. The van der Waals surface area contributed by atoms with Gasteiger partial charge in [0.25, 0.3) is 0 Å². The first-order valence-electron chi connectivity index (χ1n) is 14.4. The molecule has 5 nitrogen and oxygen atoms in total.